The van der Waals surface area contributed by atoms with Gasteiger partial charge in [-0.05, 0) is 64.1 Å². The van der Waals surface area contributed by atoms with E-state index in [0.717, 1.165) is 16.9 Å². The Labute approximate surface area is 222 Å². The van der Waals surface area contributed by atoms with Gasteiger partial charge in [0.25, 0.3) is 5.56 Å². The molecule has 0 bridgehead atoms. The van der Waals surface area contributed by atoms with Crippen molar-refractivity contribution in [2.45, 2.75) is 52.4 Å². The van der Waals surface area contributed by atoms with Gasteiger partial charge < -0.3 is 14.0 Å². The number of hydrogen-bond donors (Lipinski definition) is 0. The summed E-state index contributed by atoms with van der Waals surface area (Å²) < 4.78 is 12.5. The van der Waals surface area contributed by atoms with Gasteiger partial charge in [-0.2, -0.15) is 0 Å². The molecule has 2 aromatic carbocycles. The van der Waals surface area contributed by atoms with Crippen LogP contribution in [-0.4, -0.2) is 35.2 Å². The molecule has 0 unspecified atom stereocenters. The Morgan fingerprint density at radius 3 is 2.31 bits per heavy atom. The lowest BCUT2D eigenvalue weighted by Crippen LogP contribution is -2.29. The topological polar surface area (TPSA) is 60.8 Å². The molecule has 3 rings (SSSR count). The first-order valence-corrected chi connectivity index (χ1v) is 12.4. The van der Waals surface area contributed by atoms with Crippen molar-refractivity contribution in [1.29, 1.82) is 0 Å². The van der Waals surface area contributed by atoms with Gasteiger partial charge in [-0.3, -0.25) is 9.69 Å². The third-order valence-electron chi connectivity index (χ3n) is 5.57. The average Bonchev–Trinajstić information content (AvgIpc) is 2.82. The van der Waals surface area contributed by atoms with E-state index in [4.69, 9.17) is 32.7 Å². The number of nitrogens with zero attached hydrogens (tertiary/aromatic N) is 2. The largest absolute Gasteiger partial charge is 0.496 e. The highest BCUT2D eigenvalue weighted by molar-refractivity contribution is 6.34. The summed E-state index contributed by atoms with van der Waals surface area (Å²) in [5.74, 6) is 0.436. The number of para-hydroxylation sites is 1. The maximum absolute atomic E-state index is 13.0. The van der Waals surface area contributed by atoms with Crippen LogP contribution in [0.3, 0.4) is 0 Å². The van der Waals surface area contributed by atoms with Crippen LogP contribution in [0.15, 0.2) is 59.4 Å². The van der Waals surface area contributed by atoms with Crippen LogP contribution in [-0.2, 0) is 30.8 Å². The number of methoxy groups -OCH3 is 1. The molecule has 1 aromatic heterocycles. The second-order valence-electron chi connectivity index (χ2n) is 9.68. The van der Waals surface area contributed by atoms with Crippen molar-refractivity contribution >= 4 is 29.2 Å². The van der Waals surface area contributed by atoms with Crippen molar-refractivity contribution in [3.63, 3.8) is 0 Å². The summed E-state index contributed by atoms with van der Waals surface area (Å²) in [6.07, 6.45) is 0.564. The number of aryl methyl sites for hydroxylation is 1. The fraction of sp³-hybridized carbons (Fsp3) is 0.357. The lowest BCUT2D eigenvalue weighted by molar-refractivity contribution is 0.00695. The molecule has 0 N–H and O–H groups in total. The molecule has 0 atom stereocenters. The summed E-state index contributed by atoms with van der Waals surface area (Å²) in [6.45, 7) is 6.95. The molecule has 0 aliphatic heterocycles. The highest BCUT2D eigenvalue weighted by atomic mass is 35.5. The van der Waals surface area contributed by atoms with Crippen molar-refractivity contribution in [2.24, 2.45) is 0 Å². The first-order valence-electron chi connectivity index (χ1n) is 11.7. The van der Waals surface area contributed by atoms with Crippen LogP contribution in [0, 0.1) is 0 Å². The van der Waals surface area contributed by atoms with Crippen LogP contribution in [0.25, 0.3) is 0 Å². The zero-order valence-corrected chi connectivity index (χ0v) is 22.8. The van der Waals surface area contributed by atoms with Crippen LogP contribution in [0.1, 0.15) is 48.0 Å². The van der Waals surface area contributed by atoms with E-state index >= 15 is 0 Å². The standard InChI is InChI=1S/C28H32Cl2N2O4/c1-28(2,3)36-27(34)20-12-10-19(11-13-20)14-15-32-24(22(29)16-23(30)26(32)33)18-31(4)17-21-8-6-7-9-25(21)35-5/h6-13,16H,14-15,17-18H2,1-5H3. The predicted octanol–water partition coefficient (Wildman–Crippen LogP) is 5.99. The van der Waals surface area contributed by atoms with Crippen LogP contribution in [0.4, 0.5) is 0 Å². The maximum Gasteiger partial charge on any atom is 0.338 e. The Hall–Kier alpha value is -2.80. The van der Waals surface area contributed by atoms with Crippen molar-refractivity contribution in [2.75, 3.05) is 14.2 Å². The van der Waals surface area contributed by atoms with E-state index < -0.39 is 5.60 Å². The fourth-order valence-electron chi connectivity index (χ4n) is 3.86. The second-order valence-corrected chi connectivity index (χ2v) is 10.5. The summed E-state index contributed by atoms with van der Waals surface area (Å²) in [6, 6.07) is 16.5. The Morgan fingerprint density at radius 1 is 1.00 bits per heavy atom. The van der Waals surface area contributed by atoms with E-state index in [1.165, 1.54) is 6.07 Å². The monoisotopic (exact) mass is 530 g/mol. The number of pyridine rings is 1. The summed E-state index contributed by atoms with van der Waals surface area (Å²) in [4.78, 5) is 27.3. The highest BCUT2D eigenvalue weighted by Gasteiger charge is 2.18. The molecule has 192 valence electrons. The number of esters is 1. The van der Waals surface area contributed by atoms with Gasteiger partial charge >= 0.3 is 5.97 Å². The second kappa shape index (κ2) is 12.0. The van der Waals surface area contributed by atoms with Crippen molar-refractivity contribution in [1.82, 2.24) is 9.47 Å². The Bertz CT molecular complexity index is 1260. The van der Waals surface area contributed by atoms with Crippen LogP contribution >= 0.6 is 23.2 Å². The number of rotatable bonds is 9. The van der Waals surface area contributed by atoms with E-state index in [9.17, 15) is 9.59 Å². The molecule has 0 aliphatic rings. The summed E-state index contributed by atoms with van der Waals surface area (Å²) in [5, 5.41) is 0.517. The zero-order valence-electron chi connectivity index (χ0n) is 21.3. The molecule has 3 aromatic rings. The molecule has 0 spiro atoms. The van der Waals surface area contributed by atoms with Crippen molar-refractivity contribution < 1.29 is 14.3 Å². The van der Waals surface area contributed by atoms with Gasteiger partial charge in [-0.25, -0.2) is 4.79 Å². The summed E-state index contributed by atoms with van der Waals surface area (Å²) >= 11 is 12.7. The average molecular weight is 531 g/mol. The first kappa shape index (κ1) is 27.8. The summed E-state index contributed by atoms with van der Waals surface area (Å²) in [5.41, 5.74) is 2.33. The molecular weight excluding hydrogens is 499 g/mol. The van der Waals surface area contributed by atoms with Gasteiger partial charge in [0, 0.05) is 25.2 Å². The number of aromatic nitrogens is 1. The molecule has 8 heteroatoms. The molecular formula is C28H32Cl2N2O4. The minimum atomic E-state index is -0.558. The van der Waals surface area contributed by atoms with E-state index in [1.54, 1.807) is 23.8 Å². The number of hydrogen-bond acceptors (Lipinski definition) is 5. The molecule has 0 fully saturated rings. The number of halogens is 2. The normalized spacial score (nSPS) is 11.6. The minimum Gasteiger partial charge on any atom is -0.496 e. The van der Waals surface area contributed by atoms with Crippen molar-refractivity contribution in [3.05, 3.63) is 97.4 Å². The maximum atomic E-state index is 13.0. The van der Waals surface area contributed by atoms with Gasteiger partial charge in [0.05, 0.1) is 23.4 Å². The number of carbonyl (C=O) groups excluding carboxylic acids is 1. The van der Waals surface area contributed by atoms with Crippen LogP contribution in [0.5, 0.6) is 5.75 Å². The third kappa shape index (κ3) is 7.36. The SMILES string of the molecule is COc1ccccc1CN(C)Cc1c(Cl)cc(Cl)c(=O)n1CCc1ccc(C(=O)OC(C)(C)C)cc1. The molecule has 0 amide bonds. The molecule has 36 heavy (non-hydrogen) atoms. The Morgan fingerprint density at radius 2 is 1.67 bits per heavy atom. The number of ether oxygens (including phenoxy) is 2. The number of benzene rings is 2. The van der Waals surface area contributed by atoms with E-state index in [-0.39, 0.29) is 16.6 Å². The Kier molecular flexibility index (Phi) is 9.23. The molecule has 0 saturated carbocycles. The molecule has 0 radical (unpaired) electrons. The molecule has 0 saturated heterocycles. The van der Waals surface area contributed by atoms with Gasteiger partial charge in [-0.15, -0.1) is 0 Å². The highest BCUT2D eigenvalue weighted by Crippen LogP contribution is 2.23. The van der Waals surface area contributed by atoms with Gasteiger partial charge in [-0.1, -0.05) is 53.5 Å². The Balaban J connectivity index is 1.77. The lowest BCUT2D eigenvalue weighted by Gasteiger charge is -2.22. The predicted molar refractivity (Wildman–Crippen MR) is 144 cm³/mol. The minimum absolute atomic E-state index is 0.0800. The first-order chi connectivity index (χ1) is 17.0. The van der Waals surface area contributed by atoms with Crippen LogP contribution < -0.4 is 10.3 Å². The van der Waals surface area contributed by atoms with Gasteiger partial charge in [0.1, 0.15) is 16.4 Å². The molecule has 6 nitrogen and oxygen atoms in total. The third-order valence-corrected chi connectivity index (χ3v) is 6.17. The van der Waals surface area contributed by atoms with E-state index in [0.29, 0.717) is 42.3 Å². The quantitative estimate of drug-likeness (QED) is 0.318. The lowest BCUT2D eigenvalue weighted by atomic mass is 10.1. The van der Waals surface area contributed by atoms with Gasteiger partial charge in [0.2, 0.25) is 0 Å². The molecule has 1 heterocycles. The van der Waals surface area contributed by atoms with E-state index in [1.807, 2.05) is 64.2 Å². The smallest absolute Gasteiger partial charge is 0.338 e. The van der Waals surface area contributed by atoms with Crippen LogP contribution in [0.2, 0.25) is 10.0 Å². The summed E-state index contributed by atoms with van der Waals surface area (Å²) in [7, 11) is 3.61. The zero-order chi connectivity index (χ0) is 26.5. The van der Waals surface area contributed by atoms with E-state index in [2.05, 4.69) is 4.90 Å². The molecule has 0 aliphatic carbocycles. The number of carbonyl (C=O) groups is 1. The fourth-order valence-corrected chi connectivity index (χ4v) is 4.39. The van der Waals surface area contributed by atoms with Gasteiger partial charge in [0.15, 0.2) is 0 Å². The van der Waals surface area contributed by atoms with Crippen molar-refractivity contribution in [3.8, 4) is 5.75 Å².